The number of halogens is 1. The molecule has 2 N–H and O–H groups in total. The molecule has 2 aromatic rings. The fourth-order valence-corrected chi connectivity index (χ4v) is 1.03. The first kappa shape index (κ1) is 7.45. The molecule has 0 fully saturated rings. The van der Waals surface area contributed by atoms with Gasteiger partial charge in [-0.1, -0.05) is 11.6 Å². The summed E-state index contributed by atoms with van der Waals surface area (Å²) in [4.78, 5) is 7.98. The van der Waals surface area contributed by atoms with E-state index in [4.69, 9.17) is 17.3 Å². The van der Waals surface area contributed by atoms with Gasteiger partial charge >= 0.3 is 0 Å². The van der Waals surface area contributed by atoms with Gasteiger partial charge in [-0.2, -0.15) is 4.98 Å². The van der Waals surface area contributed by atoms with E-state index >= 15 is 0 Å². The number of nitrogens with zero attached hydrogens (tertiary/aromatic N) is 4. The molecule has 0 aliphatic heterocycles. The van der Waals surface area contributed by atoms with Crippen LogP contribution in [0.2, 0.25) is 5.02 Å². The summed E-state index contributed by atoms with van der Waals surface area (Å²) in [6.07, 6.45) is 3.15. The lowest BCUT2D eigenvalue weighted by Crippen LogP contribution is -1.98. The van der Waals surface area contributed by atoms with Crippen molar-refractivity contribution < 1.29 is 0 Å². The van der Waals surface area contributed by atoms with Gasteiger partial charge in [0.1, 0.15) is 0 Å². The van der Waals surface area contributed by atoms with Crippen LogP contribution < -0.4 is 5.73 Å². The second-order valence-electron chi connectivity index (χ2n) is 2.25. The quantitative estimate of drug-likeness (QED) is 0.688. The molecule has 12 heavy (non-hydrogen) atoms. The average molecular weight is 184 g/mol. The molecule has 0 amide bonds. The van der Waals surface area contributed by atoms with Crippen LogP contribution in [0.3, 0.4) is 0 Å². The molecule has 0 bridgehead atoms. The molecule has 2 aromatic heterocycles. The Morgan fingerprint density at radius 3 is 3.17 bits per heavy atom. The number of hydrogen-bond donors (Lipinski definition) is 1. The average Bonchev–Trinajstić information content (AvgIpc) is 2.46. The van der Waals surface area contributed by atoms with Gasteiger partial charge in [0.05, 0.1) is 24.0 Å². The lowest BCUT2D eigenvalue weighted by Gasteiger charge is -1.88. The minimum absolute atomic E-state index is 0.307. The maximum Gasteiger partial charge on any atom is 0.252 e. The molecule has 0 aliphatic carbocycles. The smallest absolute Gasteiger partial charge is 0.252 e. The van der Waals surface area contributed by atoms with Crippen LogP contribution in [0.25, 0.3) is 5.78 Å². The normalized spacial score (nSPS) is 10.8. The third-order valence-corrected chi connectivity index (χ3v) is 1.58. The highest BCUT2D eigenvalue weighted by Gasteiger charge is 2.01. The first-order chi connectivity index (χ1) is 5.79. The van der Waals surface area contributed by atoms with Crippen molar-refractivity contribution in [3.05, 3.63) is 23.2 Å². The summed E-state index contributed by atoms with van der Waals surface area (Å²) in [5.41, 5.74) is 5.35. The zero-order valence-corrected chi connectivity index (χ0v) is 6.86. The van der Waals surface area contributed by atoms with Crippen molar-refractivity contribution in [3.8, 4) is 0 Å². The fourth-order valence-electron chi connectivity index (χ4n) is 0.889. The van der Waals surface area contributed by atoms with Crippen molar-refractivity contribution in [2.45, 2.75) is 6.54 Å². The Morgan fingerprint density at radius 2 is 2.42 bits per heavy atom. The maximum atomic E-state index is 5.69. The number of rotatable bonds is 1. The summed E-state index contributed by atoms with van der Waals surface area (Å²) in [7, 11) is 0. The molecule has 0 radical (unpaired) electrons. The van der Waals surface area contributed by atoms with Gasteiger partial charge in [-0.05, 0) is 0 Å². The predicted molar refractivity (Wildman–Crippen MR) is 43.7 cm³/mol. The molecule has 62 valence electrons. The number of hydrogen-bond acceptors (Lipinski definition) is 4. The van der Waals surface area contributed by atoms with Crippen molar-refractivity contribution >= 4 is 17.4 Å². The summed E-state index contributed by atoms with van der Waals surface area (Å²) in [5.74, 6) is 1.07. The van der Waals surface area contributed by atoms with Crippen molar-refractivity contribution in [1.82, 2.24) is 19.6 Å². The zero-order valence-electron chi connectivity index (χ0n) is 6.11. The second kappa shape index (κ2) is 2.69. The van der Waals surface area contributed by atoms with Crippen LogP contribution in [0, 0.1) is 0 Å². The van der Waals surface area contributed by atoms with Gasteiger partial charge in [0.2, 0.25) is 0 Å². The minimum Gasteiger partial charge on any atom is -0.324 e. The Balaban J connectivity index is 2.67. The molecule has 2 heterocycles. The Morgan fingerprint density at radius 1 is 1.58 bits per heavy atom. The van der Waals surface area contributed by atoms with Gasteiger partial charge < -0.3 is 5.73 Å². The van der Waals surface area contributed by atoms with Gasteiger partial charge in [-0.3, -0.25) is 0 Å². The molecule has 0 unspecified atom stereocenters. The summed E-state index contributed by atoms with van der Waals surface area (Å²) in [6, 6.07) is 0. The van der Waals surface area contributed by atoms with Gasteiger partial charge in [-0.25, -0.2) is 9.50 Å². The van der Waals surface area contributed by atoms with Crippen molar-refractivity contribution in [2.75, 3.05) is 0 Å². The highest BCUT2D eigenvalue weighted by atomic mass is 35.5. The minimum atomic E-state index is 0.307. The monoisotopic (exact) mass is 183 g/mol. The van der Waals surface area contributed by atoms with Crippen LogP contribution in [0.4, 0.5) is 0 Å². The Bertz CT molecular complexity index is 409. The molecule has 0 atom stereocenters. The van der Waals surface area contributed by atoms with E-state index in [9.17, 15) is 0 Å². The SMILES string of the molecule is NCc1nc2ncc(Cl)cn2n1. The number of fused-ring (bicyclic) bond motifs is 1. The first-order valence-corrected chi connectivity index (χ1v) is 3.74. The van der Waals surface area contributed by atoms with Gasteiger partial charge in [0.15, 0.2) is 5.82 Å². The van der Waals surface area contributed by atoms with Gasteiger partial charge in [0.25, 0.3) is 5.78 Å². The molecule has 0 spiro atoms. The molecule has 0 saturated carbocycles. The molecule has 2 rings (SSSR count). The molecule has 0 saturated heterocycles. The van der Waals surface area contributed by atoms with Gasteiger partial charge in [0, 0.05) is 0 Å². The van der Waals surface area contributed by atoms with Crippen LogP contribution >= 0.6 is 11.6 Å². The zero-order chi connectivity index (χ0) is 8.55. The van der Waals surface area contributed by atoms with E-state index in [1.165, 1.54) is 10.7 Å². The molecule has 5 nitrogen and oxygen atoms in total. The van der Waals surface area contributed by atoms with Gasteiger partial charge in [-0.15, -0.1) is 5.10 Å². The first-order valence-electron chi connectivity index (χ1n) is 3.36. The van der Waals surface area contributed by atoms with E-state index in [-0.39, 0.29) is 0 Å². The van der Waals surface area contributed by atoms with E-state index in [2.05, 4.69) is 15.1 Å². The van der Waals surface area contributed by atoms with E-state index in [0.29, 0.717) is 23.2 Å². The van der Waals surface area contributed by atoms with Crippen LogP contribution in [-0.2, 0) is 6.54 Å². The largest absolute Gasteiger partial charge is 0.324 e. The molecular weight excluding hydrogens is 178 g/mol. The standard InChI is InChI=1S/C6H6ClN5/c7-4-2-9-6-10-5(1-8)11-12(6)3-4/h2-3H,1,8H2. The highest BCUT2D eigenvalue weighted by Crippen LogP contribution is 2.05. The van der Waals surface area contributed by atoms with Crippen LogP contribution in [-0.4, -0.2) is 19.6 Å². The third-order valence-electron chi connectivity index (χ3n) is 1.39. The topological polar surface area (TPSA) is 69.1 Å². The van der Waals surface area contributed by atoms with E-state index < -0.39 is 0 Å². The lowest BCUT2D eigenvalue weighted by atomic mass is 10.6. The maximum absolute atomic E-state index is 5.69. The Hall–Kier alpha value is -1.20. The molecule has 0 aromatic carbocycles. The summed E-state index contributed by atoms with van der Waals surface area (Å²) < 4.78 is 1.50. The lowest BCUT2D eigenvalue weighted by molar-refractivity contribution is 0.865. The van der Waals surface area contributed by atoms with Crippen LogP contribution in [0.15, 0.2) is 12.4 Å². The second-order valence-corrected chi connectivity index (χ2v) is 2.69. The van der Waals surface area contributed by atoms with E-state index in [0.717, 1.165) is 0 Å². The van der Waals surface area contributed by atoms with Crippen molar-refractivity contribution in [3.63, 3.8) is 0 Å². The summed E-state index contributed by atoms with van der Waals surface area (Å²) >= 11 is 5.69. The predicted octanol–water partition coefficient (Wildman–Crippen LogP) is 0.236. The Kier molecular flexibility index (Phi) is 1.67. The highest BCUT2D eigenvalue weighted by molar-refractivity contribution is 6.30. The fraction of sp³-hybridized carbons (Fsp3) is 0.167. The van der Waals surface area contributed by atoms with Crippen molar-refractivity contribution in [2.24, 2.45) is 5.73 Å². The Labute approximate surface area is 73.2 Å². The third kappa shape index (κ3) is 1.13. The van der Waals surface area contributed by atoms with E-state index in [1.807, 2.05) is 0 Å². The summed E-state index contributed by atoms with van der Waals surface area (Å²) in [5, 5.41) is 4.55. The van der Waals surface area contributed by atoms with Crippen LogP contribution in [0.5, 0.6) is 0 Å². The number of nitrogens with two attached hydrogens (primary N) is 1. The molecular formula is C6H6ClN5. The molecule has 6 heteroatoms. The molecule has 0 aliphatic rings. The van der Waals surface area contributed by atoms with Crippen molar-refractivity contribution in [1.29, 1.82) is 0 Å². The summed E-state index contributed by atoms with van der Waals surface area (Å²) in [6.45, 7) is 0.307. The van der Waals surface area contributed by atoms with E-state index in [1.54, 1.807) is 6.20 Å². The number of aromatic nitrogens is 4. The van der Waals surface area contributed by atoms with Crippen LogP contribution in [0.1, 0.15) is 5.82 Å².